The van der Waals surface area contributed by atoms with E-state index in [0.717, 1.165) is 12.4 Å². The summed E-state index contributed by atoms with van der Waals surface area (Å²) in [4.78, 5) is 4.20. The van der Waals surface area contributed by atoms with Crippen molar-refractivity contribution in [3.05, 3.63) is 18.2 Å². The van der Waals surface area contributed by atoms with Crippen molar-refractivity contribution in [3.8, 4) is 0 Å². The summed E-state index contributed by atoms with van der Waals surface area (Å²) < 4.78 is 1.95. The molecule has 0 saturated heterocycles. The van der Waals surface area contributed by atoms with Gasteiger partial charge in [0, 0.05) is 25.0 Å². The first kappa shape index (κ1) is 10.2. The molecule has 0 aliphatic heterocycles. The van der Waals surface area contributed by atoms with E-state index in [4.69, 9.17) is 5.11 Å². The van der Waals surface area contributed by atoms with E-state index in [-0.39, 0.29) is 6.61 Å². The maximum atomic E-state index is 8.77. The molecule has 1 aromatic heterocycles. The molecule has 0 atom stereocenters. The molecule has 0 aliphatic rings. The molecular weight excluding hydrogens is 166 g/mol. The van der Waals surface area contributed by atoms with Gasteiger partial charge in [0.15, 0.2) is 0 Å². The van der Waals surface area contributed by atoms with Gasteiger partial charge in [-0.1, -0.05) is 13.8 Å². The normalized spacial score (nSPS) is 11.1. The second-order valence-electron chi connectivity index (χ2n) is 3.30. The van der Waals surface area contributed by atoms with Gasteiger partial charge < -0.3 is 15.0 Å². The van der Waals surface area contributed by atoms with Gasteiger partial charge in [-0.3, -0.25) is 0 Å². The van der Waals surface area contributed by atoms with E-state index in [1.54, 1.807) is 6.20 Å². The standard InChI is InChI=1S/C9H17N3O/c1-8(2)11-7-9-10-3-4-12(9)5-6-13/h3-4,8,11,13H,5-7H2,1-2H3. The molecule has 0 bridgehead atoms. The SMILES string of the molecule is CC(C)NCc1nccn1CCO. The first-order valence-corrected chi connectivity index (χ1v) is 4.58. The Balaban J connectivity index is 2.49. The van der Waals surface area contributed by atoms with Crippen LogP contribution in [0.2, 0.25) is 0 Å². The fourth-order valence-corrected chi connectivity index (χ4v) is 1.11. The van der Waals surface area contributed by atoms with Crippen LogP contribution in [0.15, 0.2) is 12.4 Å². The number of hydrogen-bond acceptors (Lipinski definition) is 3. The van der Waals surface area contributed by atoms with Crippen LogP contribution in [0.3, 0.4) is 0 Å². The van der Waals surface area contributed by atoms with Crippen LogP contribution in [0.25, 0.3) is 0 Å². The van der Waals surface area contributed by atoms with E-state index >= 15 is 0 Å². The van der Waals surface area contributed by atoms with Crippen LogP contribution in [0.5, 0.6) is 0 Å². The van der Waals surface area contributed by atoms with Crippen molar-refractivity contribution in [2.45, 2.75) is 33.0 Å². The quantitative estimate of drug-likeness (QED) is 0.693. The van der Waals surface area contributed by atoms with Gasteiger partial charge in [-0.25, -0.2) is 4.98 Å². The zero-order valence-corrected chi connectivity index (χ0v) is 8.20. The molecule has 1 rings (SSSR count). The van der Waals surface area contributed by atoms with E-state index in [0.29, 0.717) is 12.6 Å². The van der Waals surface area contributed by atoms with Gasteiger partial charge in [-0.15, -0.1) is 0 Å². The van der Waals surface area contributed by atoms with Crippen molar-refractivity contribution in [2.24, 2.45) is 0 Å². The summed E-state index contributed by atoms with van der Waals surface area (Å²) in [5, 5.41) is 12.1. The predicted molar refractivity (Wildman–Crippen MR) is 51.3 cm³/mol. The minimum Gasteiger partial charge on any atom is -0.395 e. The molecule has 0 aromatic carbocycles. The highest BCUT2D eigenvalue weighted by Crippen LogP contribution is 1.97. The molecule has 0 spiro atoms. The van der Waals surface area contributed by atoms with Gasteiger partial charge in [0.25, 0.3) is 0 Å². The van der Waals surface area contributed by atoms with E-state index in [1.165, 1.54) is 0 Å². The van der Waals surface area contributed by atoms with Crippen molar-refractivity contribution in [1.82, 2.24) is 14.9 Å². The van der Waals surface area contributed by atoms with Gasteiger partial charge in [0.2, 0.25) is 0 Å². The summed E-state index contributed by atoms with van der Waals surface area (Å²) >= 11 is 0. The number of nitrogens with zero attached hydrogens (tertiary/aromatic N) is 2. The Bertz CT molecular complexity index is 245. The number of hydrogen-bond donors (Lipinski definition) is 2. The van der Waals surface area contributed by atoms with Crippen molar-refractivity contribution in [2.75, 3.05) is 6.61 Å². The third-order valence-electron chi connectivity index (χ3n) is 1.81. The maximum absolute atomic E-state index is 8.77. The lowest BCUT2D eigenvalue weighted by Crippen LogP contribution is -2.24. The zero-order chi connectivity index (χ0) is 9.68. The second kappa shape index (κ2) is 4.99. The Kier molecular flexibility index (Phi) is 3.92. The van der Waals surface area contributed by atoms with Crippen LogP contribution in [0.1, 0.15) is 19.7 Å². The molecule has 0 fully saturated rings. The molecule has 4 heteroatoms. The van der Waals surface area contributed by atoms with Gasteiger partial charge in [0.1, 0.15) is 5.82 Å². The van der Waals surface area contributed by atoms with Crippen LogP contribution in [-0.2, 0) is 13.1 Å². The van der Waals surface area contributed by atoms with Crippen LogP contribution in [0.4, 0.5) is 0 Å². The zero-order valence-electron chi connectivity index (χ0n) is 8.20. The average Bonchev–Trinajstić information content (AvgIpc) is 2.49. The fraction of sp³-hybridized carbons (Fsp3) is 0.667. The number of aliphatic hydroxyl groups excluding tert-OH is 1. The molecule has 0 radical (unpaired) electrons. The first-order chi connectivity index (χ1) is 6.24. The third-order valence-corrected chi connectivity index (χ3v) is 1.81. The second-order valence-corrected chi connectivity index (χ2v) is 3.30. The first-order valence-electron chi connectivity index (χ1n) is 4.58. The van der Waals surface area contributed by atoms with Crippen molar-refractivity contribution in [3.63, 3.8) is 0 Å². The van der Waals surface area contributed by atoms with E-state index in [2.05, 4.69) is 24.1 Å². The molecule has 0 amide bonds. The van der Waals surface area contributed by atoms with Gasteiger partial charge in [-0.2, -0.15) is 0 Å². The highest BCUT2D eigenvalue weighted by molar-refractivity contribution is 4.92. The Morgan fingerprint density at radius 2 is 2.38 bits per heavy atom. The van der Waals surface area contributed by atoms with E-state index < -0.39 is 0 Å². The molecule has 0 saturated carbocycles. The molecule has 13 heavy (non-hydrogen) atoms. The summed E-state index contributed by atoms with van der Waals surface area (Å²) in [5.41, 5.74) is 0. The molecular formula is C9H17N3O. The van der Waals surface area contributed by atoms with Gasteiger partial charge in [0.05, 0.1) is 13.2 Å². The highest BCUT2D eigenvalue weighted by atomic mass is 16.3. The number of rotatable bonds is 5. The van der Waals surface area contributed by atoms with Crippen LogP contribution in [0, 0.1) is 0 Å². The third kappa shape index (κ3) is 3.16. The van der Waals surface area contributed by atoms with Crippen LogP contribution < -0.4 is 5.32 Å². The van der Waals surface area contributed by atoms with Gasteiger partial charge >= 0.3 is 0 Å². The van der Waals surface area contributed by atoms with Crippen molar-refractivity contribution >= 4 is 0 Å². The fourth-order valence-electron chi connectivity index (χ4n) is 1.11. The molecule has 1 aromatic rings. The Morgan fingerprint density at radius 3 is 3.00 bits per heavy atom. The van der Waals surface area contributed by atoms with Crippen molar-refractivity contribution < 1.29 is 5.11 Å². The maximum Gasteiger partial charge on any atom is 0.122 e. The Hall–Kier alpha value is -0.870. The minimum absolute atomic E-state index is 0.158. The molecule has 4 nitrogen and oxygen atoms in total. The van der Waals surface area contributed by atoms with E-state index in [1.807, 2.05) is 10.8 Å². The largest absolute Gasteiger partial charge is 0.395 e. The highest BCUT2D eigenvalue weighted by Gasteiger charge is 2.01. The Labute approximate surface area is 78.6 Å². The smallest absolute Gasteiger partial charge is 0.122 e. The molecule has 2 N–H and O–H groups in total. The minimum atomic E-state index is 0.158. The number of aromatic nitrogens is 2. The van der Waals surface area contributed by atoms with Gasteiger partial charge in [-0.05, 0) is 0 Å². The Morgan fingerprint density at radius 1 is 1.62 bits per heavy atom. The molecule has 0 unspecified atom stereocenters. The summed E-state index contributed by atoms with van der Waals surface area (Å²) in [7, 11) is 0. The molecule has 74 valence electrons. The average molecular weight is 183 g/mol. The number of aliphatic hydroxyl groups is 1. The predicted octanol–water partition coefficient (Wildman–Crippen LogP) is 0.373. The lowest BCUT2D eigenvalue weighted by molar-refractivity contribution is 0.273. The summed E-state index contributed by atoms with van der Waals surface area (Å²) in [5.74, 6) is 0.975. The number of nitrogens with one attached hydrogen (secondary N) is 1. The van der Waals surface area contributed by atoms with Crippen molar-refractivity contribution in [1.29, 1.82) is 0 Å². The van der Waals surface area contributed by atoms with Crippen LogP contribution in [-0.4, -0.2) is 27.3 Å². The topological polar surface area (TPSA) is 50.1 Å². The van der Waals surface area contributed by atoms with Crippen LogP contribution >= 0.6 is 0 Å². The van der Waals surface area contributed by atoms with E-state index in [9.17, 15) is 0 Å². The summed E-state index contributed by atoms with van der Waals surface area (Å²) in [6.45, 7) is 5.73. The molecule has 1 heterocycles. The monoisotopic (exact) mass is 183 g/mol. The number of imidazole rings is 1. The summed E-state index contributed by atoms with van der Waals surface area (Å²) in [6.07, 6.45) is 3.64. The lowest BCUT2D eigenvalue weighted by Gasteiger charge is -2.09. The molecule has 0 aliphatic carbocycles. The summed E-state index contributed by atoms with van der Waals surface area (Å²) in [6, 6.07) is 0.458. The lowest BCUT2D eigenvalue weighted by atomic mass is 10.4.